The van der Waals surface area contributed by atoms with Crippen LogP contribution in [0, 0.1) is 11.3 Å². The Hall–Kier alpha value is -3.09. The SMILES string of the molecule is CCN1/C(=C(\C#N)c2ccnc(NC(=O)C[C@H]3CSCN3)n2)Nc2ccccc21. The zero-order chi connectivity index (χ0) is 20.2. The number of carbonyl (C=O) groups excluding carboxylic acids is 1. The van der Waals surface area contributed by atoms with E-state index in [4.69, 9.17) is 0 Å². The number of para-hydroxylation sites is 2. The zero-order valence-electron chi connectivity index (χ0n) is 16.0. The first kappa shape index (κ1) is 19.2. The molecule has 2 aliphatic rings. The number of fused-ring (bicyclic) bond motifs is 1. The number of hydrogen-bond donors (Lipinski definition) is 3. The van der Waals surface area contributed by atoms with Crippen molar-refractivity contribution in [3.63, 3.8) is 0 Å². The highest BCUT2D eigenvalue weighted by Crippen LogP contribution is 2.38. The van der Waals surface area contributed by atoms with Crippen LogP contribution in [0.1, 0.15) is 19.0 Å². The molecule has 29 heavy (non-hydrogen) atoms. The van der Waals surface area contributed by atoms with Gasteiger partial charge in [-0.2, -0.15) is 5.26 Å². The number of anilines is 3. The van der Waals surface area contributed by atoms with Gasteiger partial charge in [0.05, 0.1) is 17.1 Å². The molecule has 1 atom stereocenters. The molecular formula is C20H21N7OS. The van der Waals surface area contributed by atoms with Gasteiger partial charge in [0.1, 0.15) is 17.5 Å². The number of nitriles is 1. The van der Waals surface area contributed by atoms with Gasteiger partial charge in [0, 0.05) is 36.8 Å². The maximum absolute atomic E-state index is 12.3. The second-order valence-corrected chi connectivity index (χ2v) is 7.69. The molecule has 148 valence electrons. The standard InChI is InChI=1S/C20H21N7OS/c1-2-27-17-6-4-3-5-16(17)24-19(27)14(10-21)15-7-8-22-20(25-15)26-18(28)9-13-11-29-12-23-13/h3-8,13,23-24H,2,9,11-12H2,1H3,(H,22,25,26,28)/b19-14+/t13-/m0/s1. The topological polar surface area (TPSA) is 106 Å². The Balaban J connectivity index is 1.59. The van der Waals surface area contributed by atoms with Gasteiger partial charge in [0.2, 0.25) is 11.9 Å². The molecule has 4 rings (SSSR count). The van der Waals surface area contributed by atoms with Crippen molar-refractivity contribution < 1.29 is 4.79 Å². The van der Waals surface area contributed by atoms with E-state index in [0.717, 1.165) is 23.0 Å². The van der Waals surface area contributed by atoms with Crippen LogP contribution in [0.25, 0.3) is 5.57 Å². The van der Waals surface area contributed by atoms with Crippen LogP contribution in [0.2, 0.25) is 0 Å². The average Bonchev–Trinajstić information content (AvgIpc) is 3.36. The number of nitrogens with one attached hydrogen (secondary N) is 3. The minimum Gasteiger partial charge on any atom is -0.339 e. The Morgan fingerprint density at radius 2 is 2.28 bits per heavy atom. The van der Waals surface area contributed by atoms with E-state index in [0.29, 0.717) is 30.1 Å². The van der Waals surface area contributed by atoms with Crippen LogP contribution >= 0.6 is 11.8 Å². The largest absolute Gasteiger partial charge is 0.339 e. The van der Waals surface area contributed by atoms with Crippen molar-refractivity contribution in [2.24, 2.45) is 0 Å². The summed E-state index contributed by atoms with van der Waals surface area (Å²) in [4.78, 5) is 22.9. The molecular weight excluding hydrogens is 386 g/mol. The lowest BCUT2D eigenvalue weighted by atomic mass is 10.2. The van der Waals surface area contributed by atoms with Crippen molar-refractivity contribution in [2.45, 2.75) is 19.4 Å². The molecule has 0 radical (unpaired) electrons. The minimum absolute atomic E-state index is 0.144. The fourth-order valence-corrected chi connectivity index (χ4v) is 4.40. The van der Waals surface area contributed by atoms with Crippen molar-refractivity contribution in [1.29, 1.82) is 5.26 Å². The normalized spacial score (nSPS) is 19.3. The van der Waals surface area contributed by atoms with Gasteiger partial charge in [0.25, 0.3) is 0 Å². The van der Waals surface area contributed by atoms with E-state index in [-0.39, 0.29) is 17.9 Å². The van der Waals surface area contributed by atoms with Crippen LogP contribution in [0.4, 0.5) is 17.3 Å². The second-order valence-electron chi connectivity index (χ2n) is 6.66. The van der Waals surface area contributed by atoms with Crippen LogP contribution < -0.4 is 20.9 Å². The van der Waals surface area contributed by atoms with Gasteiger partial charge in [-0.05, 0) is 25.1 Å². The number of hydrogen-bond acceptors (Lipinski definition) is 8. The maximum atomic E-state index is 12.3. The number of thioether (sulfide) groups is 1. The van der Waals surface area contributed by atoms with Crippen LogP contribution in [0.15, 0.2) is 42.3 Å². The third kappa shape index (κ3) is 4.04. The van der Waals surface area contributed by atoms with E-state index in [1.807, 2.05) is 36.1 Å². The summed E-state index contributed by atoms with van der Waals surface area (Å²) in [6.07, 6.45) is 1.92. The van der Waals surface area contributed by atoms with E-state index in [9.17, 15) is 10.1 Å². The molecule has 2 aliphatic heterocycles. The van der Waals surface area contributed by atoms with E-state index in [1.54, 1.807) is 24.0 Å². The summed E-state index contributed by atoms with van der Waals surface area (Å²) >= 11 is 1.77. The molecule has 1 amide bonds. The maximum Gasteiger partial charge on any atom is 0.229 e. The summed E-state index contributed by atoms with van der Waals surface area (Å²) in [7, 11) is 0. The number of benzene rings is 1. The van der Waals surface area contributed by atoms with Crippen LogP contribution in [0.5, 0.6) is 0 Å². The van der Waals surface area contributed by atoms with Crippen LogP contribution in [-0.2, 0) is 4.79 Å². The van der Waals surface area contributed by atoms with E-state index in [2.05, 4.69) is 32.0 Å². The highest BCUT2D eigenvalue weighted by Gasteiger charge is 2.26. The van der Waals surface area contributed by atoms with Gasteiger partial charge < -0.3 is 15.5 Å². The molecule has 0 aliphatic carbocycles. The van der Waals surface area contributed by atoms with Crippen molar-refractivity contribution in [2.75, 3.05) is 33.7 Å². The molecule has 9 heteroatoms. The predicted molar refractivity (Wildman–Crippen MR) is 115 cm³/mol. The second kappa shape index (κ2) is 8.51. The van der Waals surface area contributed by atoms with Gasteiger partial charge >= 0.3 is 0 Å². The molecule has 0 saturated carbocycles. The molecule has 3 heterocycles. The zero-order valence-corrected chi connectivity index (χ0v) is 16.8. The lowest BCUT2D eigenvalue weighted by molar-refractivity contribution is -0.116. The number of carbonyl (C=O) groups is 1. The van der Waals surface area contributed by atoms with E-state index < -0.39 is 0 Å². The Morgan fingerprint density at radius 3 is 3.03 bits per heavy atom. The Kier molecular flexibility index (Phi) is 5.64. The summed E-state index contributed by atoms with van der Waals surface area (Å²) in [5.41, 5.74) is 2.82. The Bertz CT molecular complexity index is 994. The molecule has 1 aromatic heterocycles. The van der Waals surface area contributed by atoms with Gasteiger partial charge in [-0.25, -0.2) is 9.97 Å². The van der Waals surface area contributed by atoms with Crippen molar-refractivity contribution in [3.8, 4) is 6.07 Å². The summed E-state index contributed by atoms with van der Waals surface area (Å²) in [6, 6.07) is 12.0. The Morgan fingerprint density at radius 1 is 1.41 bits per heavy atom. The third-order valence-corrected chi connectivity index (χ3v) is 5.78. The van der Waals surface area contributed by atoms with Gasteiger partial charge in [-0.15, -0.1) is 11.8 Å². The van der Waals surface area contributed by atoms with Crippen LogP contribution in [0.3, 0.4) is 0 Å². The highest BCUT2D eigenvalue weighted by atomic mass is 32.2. The lowest BCUT2D eigenvalue weighted by Gasteiger charge is -2.19. The third-order valence-electron chi connectivity index (χ3n) is 4.77. The molecule has 0 spiro atoms. The monoisotopic (exact) mass is 407 g/mol. The molecule has 0 unspecified atom stereocenters. The number of amides is 1. The van der Waals surface area contributed by atoms with Gasteiger partial charge in [0.15, 0.2) is 0 Å². The molecule has 0 bridgehead atoms. The predicted octanol–water partition coefficient (Wildman–Crippen LogP) is 2.61. The number of allylic oxidation sites excluding steroid dienone is 1. The first-order valence-electron chi connectivity index (χ1n) is 9.42. The fourth-order valence-electron chi connectivity index (χ4n) is 3.41. The quantitative estimate of drug-likeness (QED) is 0.650. The first-order valence-corrected chi connectivity index (χ1v) is 10.6. The highest BCUT2D eigenvalue weighted by molar-refractivity contribution is 7.99. The summed E-state index contributed by atoms with van der Waals surface area (Å²) in [5.74, 6) is 2.52. The average molecular weight is 408 g/mol. The number of aromatic nitrogens is 2. The van der Waals surface area contributed by atoms with Gasteiger partial charge in [-0.3, -0.25) is 10.1 Å². The minimum atomic E-state index is -0.144. The Labute approximate surface area is 173 Å². The molecule has 1 fully saturated rings. The molecule has 1 saturated heterocycles. The van der Waals surface area contributed by atoms with E-state index in [1.165, 1.54) is 0 Å². The molecule has 1 aromatic carbocycles. The molecule has 8 nitrogen and oxygen atoms in total. The molecule has 3 N–H and O–H groups in total. The van der Waals surface area contributed by atoms with Crippen molar-refractivity contribution in [3.05, 3.63) is 48.0 Å². The lowest BCUT2D eigenvalue weighted by Crippen LogP contribution is -2.29. The van der Waals surface area contributed by atoms with Gasteiger partial charge in [-0.1, -0.05) is 12.1 Å². The van der Waals surface area contributed by atoms with Crippen molar-refractivity contribution >= 4 is 40.6 Å². The number of nitrogens with zero attached hydrogens (tertiary/aromatic N) is 4. The first-order chi connectivity index (χ1) is 14.2. The fraction of sp³-hybridized carbons (Fsp3) is 0.300. The smallest absolute Gasteiger partial charge is 0.229 e. The number of rotatable bonds is 5. The summed E-state index contributed by atoms with van der Waals surface area (Å²) in [5, 5.41) is 19.2. The van der Waals surface area contributed by atoms with Crippen LogP contribution in [-0.4, -0.2) is 40.1 Å². The summed E-state index contributed by atoms with van der Waals surface area (Å²) in [6.45, 7) is 2.73. The molecule has 2 aromatic rings. The summed E-state index contributed by atoms with van der Waals surface area (Å²) < 4.78 is 0. The van der Waals surface area contributed by atoms with Crippen molar-refractivity contribution in [1.82, 2.24) is 15.3 Å². The van der Waals surface area contributed by atoms with E-state index >= 15 is 0 Å².